The van der Waals surface area contributed by atoms with E-state index in [0.717, 1.165) is 17.8 Å². The van der Waals surface area contributed by atoms with Crippen LogP contribution in [0.25, 0.3) is 0 Å². The van der Waals surface area contributed by atoms with Gasteiger partial charge < -0.3 is 11.1 Å². The first-order valence-electron chi connectivity index (χ1n) is 5.41. The fourth-order valence-electron chi connectivity index (χ4n) is 1.48. The van der Waals surface area contributed by atoms with Gasteiger partial charge in [-0.15, -0.1) is 0 Å². The number of halogens is 3. The molecule has 0 aliphatic rings. The Morgan fingerprint density at radius 2 is 2.05 bits per heavy atom. The summed E-state index contributed by atoms with van der Waals surface area (Å²) in [6, 6.07) is 2.25. The number of nitrogens with zero attached hydrogens (tertiary/aromatic N) is 3. The smallest absolute Gasteiger partial charge is 0.384 e. The van der Waals surface area contributed by atoms with Crippen molar-refractivity contribution in [2.45, 2.75) is 12.7 Å². The first-order chi connectivity index (χ1) is 8.88. The van der Waals surface area contributed by atoms with E-state index in [1.54, 1.807) is 13.2 Å². The Kier molecular flexibility index (Phi) is 3.32. The fraction of sp³-hybridized carbons (Fsp3) is 0.273. The van der Waals surface area contributed by atoms with Gasteiger partial charge in [-0.05, 0) is 12.1 Å². The molecular weight excluding hydrogens is 259 g/mol. The third-order valence-electron chi connectivity index (χ3n) is 2.62. The third kappa shape index (κ3) is 2.95. The maximum absolute atomic E-state index is 12.3. The normalized spacial score (nSPS) is 11.6. The second kappa shape index (κ2) is 4.79. The Morgan fingerprint density at radius 1 is 1.32 bits per heavy atom. The average Bonchev–Trinajstić information content (AvgIpc) is 2.67. The van der Waals surface area contributed by atoms with Gasteiger partial charge in [0.05, 0.1) is 11.8 Å². The molecule has 0 atom stereocenters. The van der Waals surface area contributed by atoms with Gasteiger partial charge in [-0.25, -0.2) is 4.98 Å². The van der Waals surface area contributed by atoms with Gasteiger partial charge in [-0.2, -0.15) is 18.3 Å². The number of aryl methyl sites for hydroxylation is 1. The minimum absolute atomic E-state index is 0.344. The van der Waals surface area contributed by atoms with Crippen molar-refractivity contribution in [2.75, 3.05) is 11.1 Å². The van der Waals surface area contributed by atoms with Gasteiger partial charge in [-0.3, -0.25) is 4.68 Å². The lowest BCUT2D eigenvalue weighted by Gasteiger charge is -2.08. The van der Waals surface area contributed by atoms with E-state index in [0.29, 0.717) is 18.2 Å². The van der Waals surface area contributed by atoms with Gasteiger partial charge in [0, 0.05) is 25.4 Å². The molecule has 2 aromatic heterocycles. The molecule has 0 aromatic carbocycles. The number of nitrogen functional groups attached to an aromatic ring is 1. The summed E-state index contributed by atoms with van der Waals surface area (Å²) in [5.41, 5.74) is 5.71. The molecule has 102 valence electrons. The summed E-state index contributed by atoms with van der Waals surface area (Å²) in [5.74, 6) is 0.843. The Morgan fingerprint density at radius 3 is 2.53 bits per heavy atom. The highest BCUT2D eigenvalue weighted by atomic mass is 19.4. The fourth-order valence-corrected chi connectivity index (χ4v) is 1.48. The molecule has 0 saturated heterocycles. The summed E-state index contributed by atoms with van der Waals surface area (Å²) >= 11 is 0. The second-order valence-corrected chi connectivity index (χ2v) is 3.96. The average molecular weight is 271 g/mol. The van der Waals surface area contributed by atoms with E-state index < -0.39 is 11.7 Å². The molecule has 3 N–H and O–H groups in total. The topological polar surface area (TPSA) is 68.8 Å². The van der Waals surface area contributed by atoms with Crippen LogP contribution < -0.4 is 11.1 Å². The van der Waals surface area contributed by atoms with Crippen molar-refractivity contribution in [1.82, 2.24) is 14.8 Å². The summed E-state index contributed by atoms with van der Waals surface area (Å²) < 4.78 is 38.5. The minimum atomic E-state index is -4.38. The highest BCUT2D eigenvalue weighted by Gasteiger charge is 2.30. The van der Waals surface area contributed by atoms with Crippen LogP contribution in [0.4, 0.5) is 24.8 Å². The molecule has 0 saturated carbocycles. The number of nitrogens with one attached hydrogen (secondary N) is 1. The number of rotatable bonds is 3. The molecule has 0 aliphatic heterocycles. The van der Waals surface area contributed by atoms with E-state index in [1.807, 2.05) is 0 Å². The van der Waals surface area contributed by atoms with Crippen LogP contribution in [0.3, 0.4) is 0 Å². The zero-order chi connectivity index (χ0) is 14.0. The lowest BCUT2D eigenvalue weighted by Crippen LogP contribution is -2.07. The van der Waals surface area contributed by atoms with Crippen LogP contribution in [0, 0.1) is 0 Å². The molecule has 0 spiro atoms. The first-order valence-corrected chi connectivity index (χ1v) is 5.41. The van der Waals surface area contributed by atoms with Gasteiger partial charge in [0.25, 0.3) is 0 Å². The summed E-state index contributed by atoms with van der Waals surface area (Å²) in [6.45, 7) is 0.345. The van der Waals surface area contributed by atoms with E-state index >= 15 is 0 Å². The summed E-state index contributed by atoms with van der Waals surface area (Å²) in [4.78, 5) is 3.70. The molecule has 0 aliphatic carbocycles. The quantitative estimate of drug-likeness (QED) is 0.896. The Balaban J connectivity index is 2.03. The standard InChI is InChI=1S/C11H12F3N5/c1-19-10(15)7(5-18-19)4-16-9-3-2-8(6-17-9)11(12,13)14/h2-3,5-6H,4,15H2,1H3,(H,16,17). The summed E-state index contributed by atoms with van der Waals surface area (Å²) in [6.07, 6.45) is -2.00. The molecule has 2 aromatic rings. The monoisotopic (exact) mass is 271 g/mol. The number of hydrogen-bond acceptors (Lipinski definition) is 4. The third-order valence-corrected chi connectivity index (χ3v) is 2.62. The lowest BCUT2D eigenvalue weighted by atomic mass is 10.2. The molecule has 0 unspecified atom stereocenters. The molecule has 5 nitrogen and oxygen atoms in total. The van der Waals surface area contributed by atoms with Crippen LogP contribution in [-0.4, -0.2) is 14.8 Å². The van der Waals surface area contributed by atoms with E-state index in [2.05, 4.69) is 15.4 Å². The van der Waals surface area contributed by atoms with E-state index in [9.17, 15) is 13.2 Å². The van der Waals surface area contributed by atoms with Crippen molar-refractivity contribution < 1.29 is 13.2 Å². The molecule has 8 heteroatoms. The van der Waals surface area contributed by atoms with Crippen molar-refractivity contribution in [3.8, 4) is 0 Å². The molecule has 0 amide bonds. The predicted octanol–water partition coefficient (Wildman–Crippen LogP) is 2.03. The Labute approximate surface area is 107 Å². The van der Waals surface area contributed by atoms with Crippen LogP contribution in [0.1, 0.15) is 11.1 Å². The van der Waals surface area contributed by atoms with Crippen LogP contribution in [0.2, 0.25) is 0 Å². The minimum Gasteiger partial charge on any atom is -0.384 e. The van der Waals surface area contributed by atoms with E-state index in [4.69, 9.17) is 5.73 Å². The van der Waals surface area contributed by atoms with Gasteiger partial charge in [0.1, 0.15) is 11.6 Å². The number of hydrogen-bond donors (Lipinski definition) is 2. The SMILES string of the molecule is Cn1ncc(CNc2ccc(C(F)(F)F)cn2)c1N. The predicted molar refractivity (Wildman–Crippen MR) is 64.2 cm³/mol. The zero-order valence-electron chi connectivity index (χ0n) is 10.1. The highest BCUT2D eigenvalue weighted by molar-refractivity contribution is 5.43. The molecule has 19 heavy (non-hydrogen) atoms. The zero-order valence-corrected chi connectivity index (χ0v) is 10.1. The first kappa shape index (κ1) is 13.2. The van der Waals surface area contributed by atoms with Crippen molar-refractivity contribution >= 4 is 11.6 Å². The van der Waals surface area contributed by atoms with Crippen LogP contribution in [0.15, 0.2) is 24.5 Å². The maximum Gasteiger partial charge on any atom is 0.417 e. The lowest BCUT2D eigenvalue weighted by molar-refractivity contribution is -0.137. The van der Waals surface area contributed by atoms with Crippen LogP contribution >= 0.6 is 0 Å². The Hall–Kier alpha value is -2.25. The summed E-state index contributed by atoms with van der Waals surface area (Å²) in [5, 5.41) is 6.84. The summed E-state index contributed by atoms with van der Waals surface area (Å²) in [7, 11) is 1.70. The van der Waals surface area contributed by atoms with Gasteiger partial charge in [0.2, 0.25) is 0 Å². The van der Waals surface area contributed by atoms with Gasteiger partial charge >= 0.3 is 6.18 Å². The molecule has 0 bridgehead atoms. The second-order valence-electron chi connectivity index (χ2n) is 3.96. The van der Waals surface area contributed by atoms with Crippen molar-refractivity contribution in [3.63, 3.8) is 0 Å². The highest BCUT2D eigenvalue weighted by Crippen LogP contribution is 2.28. The number of anilines is 2. The number of alkyl halides is 3. The van der Waals surface area contributed by atoms with Crippen molar-refractivity contribution in [3.05, 3.63) is 35.7 Å². The van der Waals surface area contributed by atoms with Crippen molar-refractivity contribution in [1.29, 1.82) is 0 Å². The van der Waals surface area contributed by atoms with E-state index in [1.165, 1.54) is 10.7 Å². The van der Waals surface area contributed by atoms with Crippen LogP contribution in [-0.2, 0) is 19.8 Å². The van der Waals surface area contributed by atoms with Crippen LogP contribution in [0.5, 0.6) is 0 Å². The van der Waals surface area contributed by atoms with Crippen molar-refractivity contribution in [2.24, 2.45) is 7.05 Å². The molecule has 0 fully saturated rings. The number of aromatic nitrogens is 3. The molecule has 2 rings (SSSR count). The Bertz CT molecular complexity index is 559. The molecule has 0 radical (unpaired) electrons. The molecular formula is C11H12F3N5. The molecule has 2 heterocycles. The van der Waals surface area contributed by atoms with Gasteiger partial charge in [-0.1, -0.05) is 0 Å². The van der Waals surface area contributed by atoms with E-state index in [-0.39, 0.29) is 0 Å². The number of pyridine rings is 1. The maximum atomic E-state index is 12.3. The largest absolute Gasteiger partial charge is 0.417 e. The van der Waals surface area contributed by atoms with Gasteiger partial charge in [0.15, 0.2) is 0 Å². The number of nitrogens with two attached hydrogens (primary N) is 1.